The quantitative estimate of drug-likeness (QED) is 0.914. The van der Waals surface area contributed by atoms with E-state index in [1.807, 2.05) is 18.2 Å². The van der Waals surface area contributed by atoms with E-state index in [1.165, 1.54) is 5.56 Å². The van der Waals surface area contributed by atoms with Gasteiger partial charge in [0.05, 0.1) is 5.54 Å². The normalized spacial score (nSPS) is 18.8. The molecule has 1 aromatic heterocycles. The van der Waals surface area contributed by atoms with Gasteiger partial charge in [0.25, 0.3) is 0 Å². The van der Waals surface area contributed by atoms with Crippen LogP contribution in [0, 0.1) is 0 Å². The van der Waals surface area contributed by atoms with Gasteiger partial charge in [-0.25, -0.2) is 0 Å². The molecule has 4 nitrogen and oxygen atoms in total. The van der Waals surface area contributed by atoms with E-state index in [4.69, 9.17) is 10.3 Å². The van der Waals surface area contributed by atoms with Gasteiger partial charge in [0.15, 0.2) is 5.82 Å². The van der Waals surface area contributed by atoms with Crippen molar-refractivity contribution in [3.05, 3.63) is 47.6 Å². The summed E-state index contributed by atoms with van der Waals surface area (Å²) in [6.45, 7) is 2.17. The Hall–Kier alpha value is -1.68. The Labute approximate surface area is 113 Å². The molecule has 1 unspecified atom stereocenters. The van der Waals surface area contributed by atoms with E-state index in [-0.39, 0.29) is 5.54 Å². The molecule has 0 spiro atoms. The first-order valence-electron chi connectivity index (χ1n) is 6.84. The molecule has 0 radical (unpaired) electrons. The van der Waals surface area contributed by atoms with E-state index < -0.39 is 0 Å². The summed E-state index contributed by atoms with van der Waals surface area (Å²) in [4.78, 5) is 4.47. The Balaban J connectivity index is 1.70. The lowest BCUT2D eigenvalue weighted by Gasteiger charge is -2.34. The third-order valence-corrected chi connectivity index (χ3v) is 4.01. The first-order valence-corrected chi connectivity index (χ1v) is 6.84. The molecule has 1 aliphatic rings. The Kier molecular flexibility index (Phi) is 3.11. The van der Waals surface area contributed by atoms with Crippen LogP contribution in [0.25, 0.3) is 0 Å². The molecule has 100 valence electrons. The van der Waals surface area contributed by atoms with Gasteiger partial charge in [-0.1, -0.05) is 42.4 Å². The molecule has 19 heavy (non-hydrogen) atoms. The van der Waals surface area contributed by atoms with E-state index in [1.54, 1.807) is 0 Å². The fourth-order valence-corrected chi connectivity index (χ4v) is 2.48. The topological polar surface area (TPSA) is 64.9 Å². The predicted octanol–water partition coefficient (Wildman–Crippen LogP) is 2.75. The molecule has 1 fully saturated rings. The van der Waals surface area contributed by atoms with Crippen LogP contribution < -0.4 is 5.73 Å². The third-order valence-electron chi connectivity index (χ3n) is 4.01. The second kappa shape index (κ2) is 4.78. The van der Waals surface area contributed by atoms with Crippen molar-refractivity contribution in [2.45, 2.75) is 44.1 Å². The van der Waals surface area contributed by atoms with Crippen LogP contribution in [-0.2, 0) is 12.0 Å². The summed E-state index contributed by atoms with van der Waals surface area (Å²) in [6.07, 6.45) is 3.83. The number of nitrogens with zero attached hydrogens (tertiary/aromatic N) is 2. The highest BCUT2D eigenvalue weighted by molar-refractivity contribution is 5.19. The number of rotatable bonds is 4. The molecule has 0 amide bonds. The molecule has 4 heteroatoms. The van der Waals surface area contributed by atoms with E-state index in [9.17, 15) is 0 Å². The maximum atomic E-state index is 6.19. The highest BCUT2D eigenvalue weighted by Crippen LogP contribution is 2.37. The van der Waals surface area contributed by atoms with Crippen molar-refractivity contribution in [2.75, 3.05) is 0 Å². The van der Waals surface area contributed by atoms with Gasteiger partial charge in [-0.05, 0) is 30.7 Å². The lowest BCUT2D eigenvalue weighted by molar-refractivity contribution is 0.229. The second-order valence-corrected chi connectivity index (χ2v) is 5.54. The van der Waals surface area contributed by atoms with Crippen LogP contribution in [0.3, 0.4) is 0 Å². The summed E-state index contributed by atoms with van der Waals surface area (Å²) < 4.78 is 5.34. The van der Waals surface area contributed by atoms with Gasteiger partial charge in [-0.3, -0.25) is 0 Å². The Bertz CT molecular complexity index is 546. The van der Waals surface area contributed by atoms with Crippen LogP contribution in [0.5, 0.6) is 0 Å². The highest BCUT2D eigenvalue weighted by atomic mass is 16.5. The van der Waals surface area contributed by atoms with Gasteiger partial charge in [-0.2, -0.15) is 4.98 Å². The van der Waals surface area contributed by atoms with Crippen LogP contribution in [0.1, 0.15) is 49.4 Å². The fourth-order valence-electron chi connectivity index (χ4n) is 2.48. The van der Waals surface area contributed by atoms with Crippen LogP contribution >= 0.6 is 0 Å². The van der Waals surface area contributed by atoms with Crippen LogP contribution in [0.15, 0.2) is 34.9 Å². The zero-order valence-electron chi connectivity index (χ0n) is 11.2. The molecule has 2 aromatic rings. The summed E-state index contributed by atoms with van der Waals surface area (Å²) in [5.74, 6) is 1.72. The first-order chi connectivity index (χ1) is 9.17. The molecule has 0 saturated heterocycles. The van der Waals surface area contributed by atoms with Crippen LogP contribution in [0.2, 0.25) is 0 Å². The SMILES string of the molecule is CC(Cc1nc(C2(N)CCC2)no1)c1ccccc1. The molecule has 1 aromatic carbocycles. The summed E-state index contributed by atoms with van der Waals surface area (Å²) in [5.41, 5.74) is 7.14. The van der Waals surface area contributed by atoms with E-state index in [0.717, 1.165) is 25.7 Å². The number of hydrogen-bond donors (Lipinski definition) is 1. The zero-order valence-corrected chi connectivity index (χ0v) is 11.2. The smallest absolute Gasteiger partial charge is 0.227 e. The summed E-state index contributed by atoms with van der Waals surface area (Å²) in [7, 11) is 0. The van der Waals surface area contributed by atoms with Crippen molar-refractivity contribution in [3.63, 3.8) is 0 Å². The van der Waals surface area contributed by atoms with Crippen molar-refractivity contribution in [1.29, 1.82) is 0 Å². The van der Waals surface area contributed by atoms with Gasteiger partial charge < -0.3 is 10.3 Å². The molecule has 1 saturated carbocycles. The van der Waals surface area contributed by atoms with Crippen molar-refractivity contribution in [3.8, 4) is 0 Å². The van der Waals surface area contributed by atoms with Crippen molar-refractivity contribution < 1.29 is 4.52 Å². The molecular formula is C15H19N3O. The lowest BCUT2D eigenvalue weighted by Crippen LogP contribution is -2.44. The van der Waals surface area contributed by atoms with Crippen molar-refractivity contribution in [1.82, 2.24) is 10.1 Å². The molecule has 2 N–H and O–H groups in total. The average molecular weight is 257 g/mol. The second-order valence-electron chi connectivity index (χ2n) is 5.54. The maximum Gasteiger partial charge on any atom is 0.227 e. The predicted molar refractivity (Wildman–Crippen MR) is 72.6 cm³/mol. The summed E-state index contributed by atoms with van der Waals surface area (Å²) >= 11 is 0. The zero-order chi connectivity index (χ0) is 13.3. The van der Waals surface area contributed by atoms with Crippen LogP contribution in [0.4, 0.5) is 0 Å². The summed E-state index contributed by atoms with van der Waals surface area (Å²) in [5, 5.41) is 4.05. The van der Waals surface area contributed by atoms with Crippen LogP contribution in [-0.4, -0.2) is 10.1 Å². The van der Waals surface area contributed by atoms with E-state index >= 15 is 0 Å². The molecular weight excluding hydrogens is 238 g/mol. The fraction of sp³-hybridized carbons (Fsp3) is 0.467. The Morgan fingerprint density at radius 2 is 2.05 bits per heavy atom. The van der Waals surface area contributed by atoms with E-state index in [0.29, 0.717) is 17.6 Å². The molecule has 1 heterocycles. The van der Waals surface area contributed by atoms with Gasteiger partial charge in [0.2, 0.25) is 5.89 Å². The number of nitrogens with two attached hydrogens (primary N) is 1. The monoisotopic (exact) mass is 257 g/mol. The molecule has 1 aliphatic carbocycles. The minimum absolute atomic E-state index is 0.336. The average Bonchev–Trinajstić information content (AvgIpc) is 2.86. The highest BCUT2D eigenvalue weighted by Gasteiger charge is 2.39. The first kappa shape index (κ1) is 12.4. The lowest BCUT2D eigenvalue weighted by atomic mass is 9.77. The minimum atomic E-state index is -0.336. The van der Waals surface area contributed by atoms with Gasteiger partial charge in [0.1, 0.15) is 0 Å². The van der Waals surface area contributed by atoms with Gasteiger partial charge >= 0.3 is 0 Å². The van der Waals surface area contributed by atoms with Gasteiger partial charge in [0, 0.05) is 6.42 Å². The Morgan fingerprint density at radius 3 is 2.68 bits per heavy atom. The molecule has 3 rings (SSSR count). The minimum Gasteiger partial charge on any atom is -0.339 e. The number of aromatic nitrogens is 2. The molecule has 1 atom stereocenters. The third kappa shape index (κ3) is 2.40. The summed E-state index contributed by atoms with van der Waals surface area (Å²) in [6, 6.07) is 10.4. The van der Waals surface area contributed by atoms with Gasteiger partial charge in [-0.15, -0.1) is 0 Å². The number of benzene rings is 1. The molecule has 0 bridgehead atoms. The standard InChI is InChI=1S/C15H19N3O/c1-11(12-6-3-2-4-7-12)10-13-17-14(18-19-13)15(16)8-5-9-15/h2-4,6-7,11H,5,8-10,16H2,1H3. The maximum absolute atomic E-state index is 6.19. The Morgan fingerprint density at radius 1 is 1.32 bits per heavy atom. The van der Waals surface area contributed by atoms with E-state index in [2.05, 4.69) is 29.2 Å². The molecule has 0 aliphatic heterocycles. The van der Waals surface area contributed by atoms with Crippen molar-refractivity contribution >= 4 is 0 Å². The largest absolute Gasteiger partial charge is 0.339 e. The number of hydrogen-bond acceptors (Lipinski definition) is 4. The van der Waals surface area contributed by atoms with Crippen molar-refractivity contribution in [2.24, 2.45) is 5.73 Å².